The zero-order valence-electron chi connectivity index (χ0n) is 12.6. The van der Waals surface area contributed by atoms with E-state index in [2.05, 4.69) is 53.8 Å². The Hall–Kier alpha value is -1.17. The van der Waals surface area contributed by atoms with E-state index in [0.29, 0.717) is 17.6 Å². The molecule has 21 heavy (non-hydrogen) atoms. The van der Waals surface area contributed by atoms with Crippen LogP contribution < -0.4 is 10.6 Å². The summed E-state index contributed by atoms with van der Waals surface area (Å²) in [6.45, 7) is 4.75. The fourth-order valence-electron chi connectivity index (χ4n) is 3.57. The molecule has 1 aromatic carbocycles. The van der Waals surface area contributed by atoms with Crippen LogP contribution in [0.2, 0.25) is 0 Å². The summed E-state index contributed by atoms with van der Waals surface area (Å²) in [5.74, 6) is 0.324. The molecule has 0 aromatic heterocycles. The van der Waals surface area contributed by atoms with Gasteiger partial charge >= 0.3 is 0 Å². The van der Waals surface area contributed by atoms with Crippen molar-refractivity contribution in [2.75, 3.05) is 26.7 Å². The fourth-order valence-corrected chi connectivity index (χ4v) is 3.87. The number of ether oxygens (including phenoxy) is 1. The predicted molar refractivity (Wildman–Crippen MR) is 88.0 cm³/mol. The van der Waals surface area contributed by atoms with Crippen molar-refractivity contribution in [2.24, 2.45) is 5.92 Å². The highest BCUT2D eigenvalue weighted by atomic mass is 32.1. The van der Waals surface area contributed by atoms with Crippen LogP contribution in [0.3, 0.4) is 0 Å². The molecule has 114 valence electrons. The first-order valence-electron chi connectivity index (χ1n) is 7.61. The molecule has 0 radical (unpaired) electrons. The number of nitrogens with zero attached hydrogens (tertiary/aromatic N) is 1. The Morgan fingerprint density at radius 2 is 2.14 bits per heavy atom. The molecule has 0 spiro atoms. The lowest BCUT2D eigenvalue weighted by Gasteiger charge is -2.53. The van der Waals surface area contributed by atoms with Crippen LogP contribution in [-0.2, 0) is 4.74 Å². The second-order valence-corrected chi connectivity index (χ2v) is 6.34. The summed E-state index contributed by atoms with van der Waals surface area (Å²) in [5.41, 5.74) is 0.926. The molecule has 2 heterocycles. The molecule has 0 bridgehead atoms. The largest absolute Gasteiger partial charge is 0.356 e. The maximum Gasteiger partial charge on any atom is 0.169 e. The van der Waals surface area contributed by atoms with E-state index in [9.17, 15) is 0 Å². The lowest BCUT2D eigenvalue weighted by atomic mass is 9.78. The Labute approximate surface area is 131 Å². The summed E-state index contributed by atoms with van der Waals surface area (Å²) in [6, 6.07) is 10.7. The van der Waals surface area contributed by atoms with Crippen LogP contribution in [0, 0.1) is 5.92 Å². The van der Waals surface area contributed by atoms with Gasteiger partial charge in [0.2, 0.25) is 0 Å². The molecule has 2 aliphatic rings. The number of hydrogen-bond donors (Lipinski definition) is 2. The van der Waals surface area contributed by atoms with Gasteiger partial charge in [0, 0.05) is 32.0 Å². The van der Waals surface area contributed by atoms with E-state index in [1.165, 1.54) is 5.56 Å². The Morgan fingerprint density at radius 3 is 2.86 bits per heavy atom. The first kappa shape index (κ1) is 14.8. The number of likely N-dealkylation sites (tertiary alicyclic amines) is 1. The molecule has 2 fully saturated rings. The molecule has 0 amide bonds. The van der Waals surface area contributed by atoms with Crippen LogP contribution in [0.1, 0.15) is 24.9 Å². The van der Waals surface area contributed by atoms with Crippen LogP contribution in [0.4, 0.5) is 0 Å². The minimum Gasteiger partial charge on any atom is -0.356 e. The molecule has 0 saturated carbocycles. The molecule has 3 unspecified atom stereocenters. The Kier molecular flexibility index (Phi) is 4.15. The average molecular weight is 305 g/mol. The van der Waals surface area contributed by atoms with Crippen molar-refractivity contribution in [1.82, 2.24) is 15.5 Å². The average Bonchev–Trinajstić information content (AvgIpc) is 2.48. The van der Waals surface area contributed by atoms with Crippen molar-refractivity contribution in [3.63, 3.8) is 0 Å². The van der Waals surface area contributed by atoms with E-state index in [1.807, 2.05) is 6.07 Å². The summed E-state index contributed by atoms with van der Waals surface area (Å²) >= 11 is 5.45. The standard InChI is InChI=1S/C16H23N3OS/c1-3-20-16-9-10-19(2)11-13(16)14(17-15(21)18-16)12-7-5-4-6-8-12/h4-8,13-14H,3,9-11H2,1-2H3,(H2,17,18,21). The molecular formula is C16H23N3OS. The lowest BCUT2D eigenvalue weighted by molar-refractivity contribution is -0.143. The van der Waals surface area contributed by atoms with Crippen molar-refractivity contribution < 1.29 is 4.74 Å². The van der Waals surface area contributed by atoms with Crippen molar-refractivity contribution >= 4 is 17.3 Å². The summed E-state index contributed by atoms with van der Waals surface area (Å²) < 4.78 is 6.18. The van der Waals surface area contributed by atoms with Gasteiger partial charge in [-0.05, 0) is 31.8 Å². The molecule has 2 aliphatic heterocycles. The Balaban J connectivity index is 1.97. The molecule has 3 rings (SSSR count). The summed E-state index contributed by atoms with van der Waals surface area (Å²) in [7, 11) is 2.17. The lowest BCUT2D eigenvalue weighted by Crippen LogP contribution is -2.70. The predicted octanol–water partition coefficient (Wildman–Crippen LogP) is 1.89. The molecular weight excluding hydrogens is 282 g/mol. The third kappa shape index (κ3) is 2.78. The van der Waals surface area contributed by atoms with Crippen molar-refractivity contribution in [1.29, 1.82) is 0 Å². The topological polar surface area (TPSA) is 36.5 Å². The van der Waals surface area contributed by atoms with Crippen LogP contribution in [0.25, 0.3) is 0 Å². The maximum atomic E-state index is 6.18. The van der Waals surface area contributed by atoms with Gasteiger partial charge in [-0.25, -0.2) is 0 Å². The molecule has 4 nitrogen and oxygen atoms in total. The number of rotatable bonds is 3. The number of piperidine rings is 1. The van der Waals surface area contributed by atoms with Gasteiger partial charge in [-0.2, -0.15) is 0 Å². The van der Waals surface area contributed by atoms with Crippen LogP contribution in [0.5, 0.6) is 0 Å². The van der Waals surface area contributed by atoms with E-state index in [1.54, 1.807) is 0 Å². The van der Waals surface area contributed by atoms with Gasteiger partial charge in [-0.1, -0.05) is 30.3 Å². The van der Waals surface area contributed by atoms with E-state index < -0.39 is 0 Å². The summed E-state index contributed by atoms with van der Waals surface area (Å²) in [4.78, 5) is 2.37. The summed E-state index contributed by atoms with van der Waals surface area (Å²) in [5, 5.41) is 7.57. The third-order valence-corrected chi connectivity index (χ3v) is 4.77. The van der Waals surface area contributed by atoms with Crippen molar-refractivity contribution in [3.8, 4) is 0 Å². The zero-order chi connectivity index (χ0) is 14.9. The van der Waals surface area contributed by atoms with Crippen molar-refractivity contribution in [3.05, 3.63) is 35.9 Å². The second kappa shape index (κ2) is 5.91. The number of benzene rings is 1. The molecule has 5 heteroatoms. The molecule has 1 aromatic rings. The number of hydrogen-bond acceptors (Lipinski definition) is 3. The second-order valence-electron chi connectivity index (χ2n) is 5.93. The number of nitrogens with one attached hydrogen (secondary N) is 2. The normalized spacial score (nSPS) is 33.0. The molecule has 0 aliphatic carbocycles. The van der Waals surface area contributed by atoms with Gasteiger partial charge < -0.3 is 20.3 Å². The first-order chi connectivity index (χ1) is 10.1. The number of thiocarbonyl (C=S) groups is 1. The Morgan fingerprint density at radius 1 is 1.38 bits per heavy atom. The van der Waals surface area contributed by atoms with Crippen molar-refractivity contribution in [2.45, 2.75) is 25.1 Å². The van der Waals surface area contributed by atoms with Gasteiger partial charge in [0.05, 0.1) is 6.04 Å². The fraction of sp³-hybridized carbons (Fsp3) is 0.562. The zero-order valence-corrected chi connectivity index (χ0v) is 13.5. The van der Waals surface area contributed by atoms with Crippen LogP contribution in [-0.4, -0.2) is 42.5 Å². The molecule has 2 N–H and O–H groups in total. The summed E-state index contributed by atoms with van der Waals surface area (Å²) in [6.07, 6.45) is 0.952. The minimum atomic E-state index is -0.343. The monoisotopic (exact) mass is 305 g/mol. The van der Waals surface area contributed by atoms with Gasteiger partial charge in [-0.15, -0.1) is 0 Å². The quantitative estimate of drug-likeness (QED) is 0.834. The smallest absolute Gasteiger partial charge is 0.169 e. The van der Waals surface area contributed by atoms with Gasteiger partial charge in [0.1, 0.15) is 5.72 Å². The van der Waals surface area contributed by atoms with Gasteiger partial charge in [0.15, 0.2) is 5.11 Å². The van der Waals surface area contributed by atoms with E-state index in [-0.39, 0.29) is 11.8 Å². The highest BCUT2D eigenvalue weighted by Crippen LogP contribution is 2.40. The first-order valence-corrected chi connectivity index (χ1v) is 8.01. The van der Waals surface area contributed by atoms with Gasteiger partial charge in [-0.3, -0.25) is 0 Å². The minimum absolute atomic E-state index is 0.189. The Bertz CT molecular complexity index is 510. The van der Waals surface area contributed by atoms with Crippen LogP contribution >= 0.6 is 12.2 Å². The van der Waals surface area contributed by atoms with Crippen LogP contribution in [0.15, 0.2) is 30.3 Å². The number of fused-ring (bicyclic) bond motifs is 1. The van der Waals surface area contributed by atoms with Gasteiger partial charge in [0.25, 0.3) is 0 Å². The molecule has 2 saturated heterocycles. The highest BCUT2D eigenvalue weighted by Gasteiger charge is 2.50. The SMILES string of the molecule is CCOC12CCN(C)CC1C(c1ccccc1)NC(=S)N2. The van der Waals surface area contributed by atoms with E-state index >= 15 is 0 Å². The van der Waals surface area contributed by atoms with E-state index in [4.69, 9.17) is 17.0 Å². The maximum absolute atomic E-state index is 6.18. The molecule has 3 atom stereocenters. The van der Waals surface area contributed by atoms with E-state index in [0.717, 1.165) is 19.5 Å². The third-order valence-electron chi connectivity index (χ3n) is 4.55. The highest BCUT2D eigenvalue weighted by molar-refractivity contribution is 7.80.